The van der Waals surface area contributed by atoms with Crippen LogP contribution in [-0.4, -0.2) is 35.9 Å². The minimum Gasteiger partial charge on any atom is -0.478 e. The molecule has 1 N–H and O–H groups in total. The second-order valence-electron chi connectivity index (χ2n) is 4.57. The van der Waals surface area contributed by atoms with Crippen LogP contribution in [0.1, 0.15) is 29.6 Å². The first-order valence-electron chi connectivity index (χ1n) is 6.95. The second-order valence-corrected chi connectivity index (χ2v) is 5.49. The van der Waals surface area contributed by atoms with Crippen molar-refractivity contribution in [1.82, 2.24) is 0 Å². The number of carbonyl (C=O) groups is 4. The largest absolute Gasteiger partial charge is 0.478 e. The summed E-state index contributed by atoms with van der Waals surface area (Å²) in [6.07, 6.45) is 3.02. The van der Waals surface area contributed by atoms with E-state index in [-0.39, 0.29) is 24.3 Å². The number of aldehydes is 1. The zero-order valence-corrected chi connectivity index (χ0v) is 14.2. The summed E-state index contributed by atoms with van der Waals surface area (Å²) in [5, 5.41) is 8.34. The van der Waals surface area contributed by atoms with Crippen LogP contribution in [0.15, 0.2) is 34.8 Å². The van der Waals surface area contributed by atoms with Crippen LogP contribution >= 0.6 is 15.9 Å². The van der Waals surface area contributed by atoms with Crippen molar-refractivity contribution in [3.63, 3.8) is 0 Å². The summed E-state index contributed by atoms with van der Waals surface area (Å²) < 4.78 is 10.6. The molecule has 128 valence electrons. The molecule has 0 aliphatic heterocycles. The van der Waals surface area contributed by atoms with Crippen LogP contribution in [0.5, 0.6) is 5.75 Å². The molecular formula is C16H15BrO7. The van der Waals surface area contributed by atoms with Gasteiger partial charge in [-0.1, -0.05) is 15.9 Å². The quantitative estimate of drug-likeness (QED) is 0.224. The number of halogens is 1. The third-order valence-corrected chi connectivity index (χ3v) is 3.20. The van der Waals surface area contributed by atoms with Crippen molar-refractivity contribution in [2.45, 2.75) is 19.3 Å². The topological polar surface area (TPSA) is 107 Å². The smallest absolute Gasteiger partial charge is 0.331 e. The lowest BCUT2D eigenvalue weighted by molar-refractivity contribution is -0.139. The van der Waals surface area contributed by atoms with Gasteiger partial charge >= 0.3 is 17.9 Å². The van der Waals surface area contributed by atoms with Crippen LogP contribution < -0.4 is 4.74 Å². The van der Waals surface area contributed by atoms with Gasteiger partial charge < -0.3 is 14.6 Å². The standard InChI is InChI=1S/C16H15BrO7/c17-12-4-5-13(11(9-12)10-18)24-16(22)3-1-2-8-23-15(21)7-6-14(19)20/h4-7,9-10H,1-3,8H2,(H,19,20)/b7-6+. The highest BCUT2D eigenvalue weighted by molar-refractivity contribution is 9.10. The molecule has 1 aromatic carbocycles. The normalized spacial score (nSPS) is 10.4. The first kappa shape index (κ1) is 19.6. The predicted molar refractivity (Wildman–Crippen MR) is 86.8 cm³/mol. The molecule has 0 heterocycles. The Kier molecular flexibility index (Phi) is 8.42. The van der Waals surface area contributed by atoms with E-state index in [0.717, 1.165) is 6.08 Å². The van der Waals surface area contributed by atoms with Crippen LogP contribution in [0.2, 0.25) is 0 Å². The average Bonchev–Trinajstić information content (AvgIpc) is 2.54. The molecule has 0 aromatic heterocycles. The minimum absolute atomic E-state index is 0.0634. The third-order valence-electron chi connectivity index (χ3n) is 2.70. The number of benzene rings is 1. The molecule has 24 heavy (non-hydrogen) atoms. The Balaban J connectivity index is 2.29. The Morgan fingerprint density at radius 1 is 1.17 bits per heavy atom. The van der Waals surface area contributed by atoms with E-state index in [4.69, 9.17) is 14.6 Å². The van der Waals surface area contributed by atoms with Gasteiger partial charge in [0.15, 0.2) is 6.29 Å². The Labute approximate surface area is 146 Å². The summed E-state index contributed by atoms with van der Waals surface area (Å²) in [5.41, 5.74) is 0.261. The van der Waals surface area contributed by atoms with Gasteiger partial charge in [0.2, 0.25) is 0 Å². The van der Waals surface area contributed by atoms with E-state index in [9.17, 15) is 19.2 Å². The van der Waals surface area contributed by atoms with Gasteiger partial charge in [0.05, 0.1) is 12.2 Å². The van der Waals surface area contributed by atoms with Crippen molar-refractivity contribution >= 4 is 40.1 Å². The fourth-order valence-corrected chi connectivity index (χ4v) is 1.99. The Hall–Kier alpha value is -2.48. The van der Waals surface area contributed by atoms with Crippen LogP contribution in [0, 0.1) is 0 Å². The first-order chi connectivity index (χ1) is 11.4. The van der Waals surface area contributed by atoms with E-state index in [1.54, 1.807) is 12.1 Å². The monoisotopic (exact) mass is 398 g/mol. The number of hydrogen-bond acceptors (Lipinski definition) is 6. The number of aliphatic carboxylic acids is 1. The summed E-state index contributed by atoms with van der Waals surface area (Å²) in [4.78, 5) is 43.9. The van der Waals surface area contributed by atoms with Crippen LogP contribution in [0.3, 0.4) is 0 Å². The van der Waals surface area contributed by atoms with Crippen LogP contribution in [0.25, 0.3) is 0 Å². The molecule has 0 saturated carbocycles. The lowest BCUT2D eigenvalue weighted by Gasteiger charge is -2.07. The van der Waals surface area contributed by atoms with E-state index in [1.807, 2.05) is 0 Å². The lowest BCUT2D eigenvalue weighted by atomic mass is 10.2. The lowest BCUT2D eigenvalue weighted by Crippen LogP contribution is -2.10. The zero-order chi connectivity index (χ0) is 17.9. The number of ether oxygens (including phenoxy) is 2. The molecule has 0 amide bonds. The molecule has 0 fully saturated rings. The van der Waals surface area contributed by atoms with Crippen LogP contribution in [-0.2, 0) is 19.1 Å². The number of esters is 2. The zero-order valence-electron chi connectivity index (χ0n) is 12.6. The molecule has 0 atom stereocenters. The Morgan fingerprint density at radius 3 is 2.58 bits per heavy atom. The van der Waals surface area contributed by atoms with Gasteiger partial charge in [-0.15, -0.1) is 0 Å². The molecule has 0 saturated heterocycles. The van der Waals surface area contributed by atoms with Gasteiger partial charge in [-0.05, 0) is 31.0 Å². The summed E-state index contributed by atoms with van der Waals surface area (Å²) in [6.45, 7) is 0.0634. The van der Waals surface area contributed by atoms with E-state index >= 15 is 0 Å². The minimum atomic E-state index is -1.24. The van der Waals surface area contributed by atoms with E-state index < -0.39 is 17.9 Å². The van der Waals surface area contributed by atoms with Gasteiger partial charge in [0.1, 0.15) is 5.75 Å². The van der Waals surface area contributed by atoms with Gasteiger partial charge in [0, 0.05) is 23.0 Å². The highest BCUT2D eigenvalue weighted by atomic mass is 79.9. The molecule has 1 aromatic rings. The van der Waals surface area contributed by atoms with Gasteiger partial charge in [0.25, 0.3) is 0 Å². The molecule has 1 rings (SSSR count). The fraction of sp³-hybridized carbons (Fsp3) is 0.250. The predicted octanol–water partition coefficient (Wildman–Crippen LogP) is 2.52. The van der Waals surface area contributed by atoms with Crippen molar-refractivity contribution in [2.75, 3.05) is 6.61 Å². The molecule has 0 aliphatic carbocycles. The number of unbranched alkanes of at least 4 members (excludes halogenated alkanes) is 1. The summed E-state index contributed by atoms with van der Waals surface area (Å²) in [5.74, 6) is -2.32. The summed E-state index contributed by atoms with van der Waals surface area (Å²) in [7, 11) is 0. The Bertz CT molecular complexity index is 652. The van der Waals surface area contributed by atoms with E-state index in [1.165, 1.54) is 6.07 Å². The molecule has 0 radical (unpaired) electrons. The highest BCUT2D eigenvalue weighted by Crippen LogP contribution is 2.22. The van der Waals surface area contributed by atoms with Crippen molar-refractivity contribution < 1.29 is 33.8 Å². The number of carboxylic acids is 1. The van der Waals surface area contributed by atoms with Crippen molar-refractivity contribution in [1.29, 1.82) is 0 Å². The number of rotatable bonds is 9. The van der Waals surface area contributed by atoms with Crippen LogP contribution in [0.4, 0.5) is 0 Å². The second kappa shape index (κ2) is 10.3. The van der Waals surface area contributed by atoms with Gasteiger partial charge in [-0.25, -0.2) is 9.59 Å². The molecule has 0 unspecified atom stereocenters. The third kappa shape index (κ3) is 7.68. The highest BCUT2D eigenvalue weighted by Gasteiger charge is 2.09. The number of carboxylic acid groups (broad SMARTS) is 1. The van der Waals surface area contributed by atoms with E-state index in [2.05, 4.69) is 15.9 Å². The van der Waals surface area contributed by atoms with Gasteiger partial charge in [-0.2, -0.15) is 0 Å². The molecule has 0 bridgehead atoms. The maximum absolute atomic E-state index is 11.7. The molecular weight excluding hydrogens is 384 g/mol. The van der Waals surface area contributed by atoms with Crippen molar-refractivity contribution in [2.24, 2.45) is 0 Å². The van der Waals surface area contributed by atoms with E-state index in [0.29, 0.717) is 29.7 Å². The molecule has 0 spiro atoms. The Morgan fingerprint density at radius 2 is 1.92 bits per heavy atom. The first-order valence-corrected chi connectivity index (χ1v) is 7.75. The van der Waals surface area contributed by atoms with Gasteiger partial charge in [-0.3, -0.25) is 9.59 Å². The van der Waals surface area contributed by atoms with Crippen molar-refractivity contribution in [3.8, 4) is 5.75 Å². The summed E-state index contributed by atoms with van der Waals surface area (Å²) in [6, 6.07) is 4.71. The molecule has 8 heteroatoms. The number of carbonyl (C=O) groups excluding carboxylic acids is 3. The SMILES string of the molecule is O=Cc1cc(Br)ccc1OC(=O)CCCCOC(=O)/C=C/C(=O)O. The average molecular weight is 399 g/mol. The summed E-state index contributed by atoms with van der Waals surface area (Å²) >= 11 is 3.21. The molecule has 7 nitrogen and oxygen atoms in total. The van der Waals surface area contributed by atoms with Crippen molar-refractivity contribution in [3.05, 3.63) is 40.4 Å². The molecule has 0 aliphatic rings. The fourth-order valence-electron chi connectivity index (χ4n) is 1.61. The maximum atomic E-state index is 11.7. The maximum Gasteiger partial charge on any atom is 0.331 e. The number of hydrogen-bond donors (Lipinski definition) is 1.